The summed E-state index contributed by atoms with van der Waals surface area (Å²) in [6.45, 7) is 0. The zero-order valence-corrected chi connectivity index (χ0v) is 12.2. The number of aromatic nitrogens is 3. The van der Waals surface area contributed by atoms with Crippen LogP contribution in [-0.4, -0.2) is 26.7 Å². The first-order chi connectivity index (χ1) is 11.3. The van der Waals surface area contributed by atoms with Crippen molar-refractivity contribution in [1.82, 2.24) is 15.6 Å². The molecule has 2 aromatic rings. The molecule has 1 aromatic heterocycles. The number of carbonyl (C=O) groups is 1. The van der Waals surface area contributed by atoms with Gasteiger partial charge in [0.15, 0.2) is 5.58 Å². The smallest absolute Gasteiger partial charge is 0.335 e. The van der Waals surface area contributed by atoms with Crippen molar-refractivity contribution >= 4 is 16.9 Å². The van der Waals surface area contributed by atoms with E-state index in [1.54, 1.807) is 54.6 Å². The molecule has 2 N–H and O–H groups in total. The van der Waals surface area contributed by atoms with E-state index in [-0.39, 0.29) is 5.56 Å². The number of hydrogen-bond acceptors (Lipinski definition) is 4. The zero-order valence-electron chi connectivity index (χ0n) is 12.2. The van der Waals surface area contributed by atoms with Crippen LogP contribution in [0, 0.1) is 0 Å². The van der Waals surface area contributed by atoms with Crippen LogP contribution in [0.25, 0.3) is 11.0 Å². The number of nitrogens with zero attached hydrogens (tertiary/aromatic N) is 2. The third kappa shape index (κ3) is 5.47. The average molecular weight is 309 g/mol. The van der Waals surface area contributed by atoms with E-state index in [1.165, 1.54) is 18.3 Å². The summed E-state index contributed by atoms with van der Waals surface area (Å²) in [4.78, 5) is 11.3. The third-order valence-electron chi connectivity index (χ3n) is 2.74. The predicted molar refractivity (Wildman–Crippen MR) is 86.0 cm³/mol. The summed E-state index contributed by atoms with van der Waals surface area (Å²) in [6.07, 6.45) is 1.48. The van der Waals surface area contributed by atoms with Crippen LogP contribution in [0.15, 0.2) is 83.5 Å². The van der Waals surface area contributed by atoms with Crippen molar-refractivity contribution in [3.8, 4) is 0 Å². The summed E-state index contributed by atoms with van der Waals surface area (Å²) < 4.78 is 5.29. The van der Waals surface area contributed by atoms with E-state index in [1.807, 2.05) is 6.07 Å². The lowest BCUT2D eigenvalue weighted by molar-refractivity contribution is 0.0697. The lowest BCUT2D eigenvalue weighted by Gasteiger charge is -1.90. The number of fused-ring (bicyclic) bond motifs is 1. The van der Waals surface area contributed by atoms with Crippen molar-refractivity contribution in [2.24, 2.45) is 0 Å². The van der Waals surface area contributed by atoms with Gasteiger partial charge in [-0.2, -0.15) is 0 Å². The number of benzene rings is 1. The molecule has 116 valence electrons. The Bertz CT molecular complexity index is 839. The van der Waals surface area contributed by atoms with E-state index < -0.39 is 5.97 Å². The highest BCUT2D eigenvalue weighted by Gasteiger charge is 1.97. The Balaban J connectivity index is 2.72. The first-order valence-electron chi connectivity index (χ1n) is 6.79. The molecule has 0 aliphatic heterocycles. The number of aromatic amines is 1. The van der Waals surface area contributed by atoms with Gasteiger partial charge in [0.05, 0.1) is 11.8 Å². The van der Waals surface area contributed by atoms with E-state index in [4.69, 9.17) is 4.52 Å². The minimum absolute atomic E-state index is 0.153. The van der Waals surface area contributed by atoms with Crippen LogP contribution in [0.2, 0.25) is 0 Å². The summed E-state index contributed by atoms with van der Waals surface area (Å²) >= 11 is 0. The first-order valence-corrected chi connectivity index (χ1v) is 6.79. The van der Waals surface area contributed by atoms with Crippen LogP contribution in [-0.2, 0) is 0 Å². The Morgan fingerprint density at radius 1 is 0.913 bits per heavy atom. The molecular weight excluding hydrogens is 294 g/mol. The fourth-order valence-electron chi connectivity index (χ4n) is 1.66. The molecule has 0 bridgehead atoms. The lowest BCUT2D eigenvalue weighted by atomic mass is 10.2. The Morgan fingerprint density at radius 2 is 1.65 bits per heavy atom. The summed E-state index contributed by atoms with van der Waals surface area (Å²) in [5, 5.41) is 19.6. The molecule has 0 spiro atoms. The molecule has 0 atom stereocenters. The van der Waals surface area contributed by atoms with Gasteiger partial charge >= 0.3 is 5.97 Å². The normalized spacial score (nSPS) is 9.22. The molecule has 2 rings (SSSR count). The van der Waals surface area contributed by atoms with Gasteiger partial charge in [-0.3, -0.25) is 0 Å². The highest BCUT2D eigenvalue weighted by Crippen LogP contribution is 2.09. The van der Waals surface area contributed by atoms with Crippen molar-refractivity contribution in [3.05, 3.63) is 84.6 Å². The monoisotopic (exact) mass is 309 g/mol. The van der Waals surface area contributed by atoms with Crippen molar-refractivity contribution in [3.63, 3.8) is 0 Å². The van der Waals surface area contributed by atoms with Crippen molar-refractivity contribution in [1.29, 1.82) is 0 Å². The van der Waals surface area contributed by atoms with E-state index >= 15 is 0 Å². The molecule has 0 aliphatic carbocycles. The fourth-order valence-corrected chi connectivity index (χ4v) is 1.66. The molecule has 1 heterocycles. The number of H-pyrrole nitrogens is 1. The maximum Gasteiger partial charge on any atom is 0.335 e. The average Bonchev–Trinajstić information content (AvgIpc) is 2.54. The minimum Gasteiger partial charge on any atom is -0.478 e. The number of hydrogen-bond donors (Lipinski definition) is 2. The largest absolute Gasteiger partial charge is 0.478 e. The summed E-state index contributed by atoms with van der Waals surface area (Å²) in [6, 6.07) is 20.4. The number of carboxylic acids is 1. The second kappa shape index (κ2) is 8.78. The summed E-state index contributed by atoms with van der Waals surface area (Å²) in [7, 11) is 0. The number of aromatic carboxylic acids is 1. The van der Waals surface area contributed by atoms with Gasteiger partial charge in [-0.05, 0) is 29.5 Å². The maximum absolute atomic E-state index is 11.3. The molecule has 0 fully saturated rings. The first kappa shape index (κ1) is 16.0. The number of para-hydroxylation sites is 1. The molecule has 6 heteroatoms. The molecule has 6 nitrogen and oxygen atoms in total. The molecule has 23 heavy (non-hydrogen) atoms. The van der Waals surface area contributed by atoms with Crippen LogP contribution >= 0.6 is 0 Å². The standard InChI is InChI=1S/C17H15N3O3/c21-17(22)15-9-4-2-1-3-7-13-18-19-20-23-16-10-6-5-8-14(16)11-12-15/h1-13H,(H,18,20)(H,21,22). The van der Waals surface area contributed by atoms with Crippen LogP contribution in [0.5, 0.6) is 0 Å². The van der Waals surface area contributed by atoms with E-state index in [9.17, 15) is 9.90 Å². The molecule has 0 unspecified atom stereocenters. The Hall–Kier alpha value is -3.41. The highest BCUT2D eigenvalue weighted by molar-refractivity contribution is 5.87. The number of rotatable bonds is 1. The number of carboxylic acid groups (broad SMARTS) is 1. The van der Waals surface area contributed by atoms with Gasteiger partial charge in [0.1, 0.15) is 0 Å². The highest BCUT2D eigenvalue weighted by atomic mass is 16.5. The topological polar surface area (TPSA) is 92.0 Å². The molecular formula is C17H15N3O3. The Morgan fingerprint density at radius 3 is 2.52 bits per heavy atom. The SMILES string of the molecule is O=C(O)c1cccccccnn[nH]oc2ccccc2cc1. The minimum atomic E-state index is -1.01. The van der Waals surface area contributed by atoms with Gasteiger partial charge in [0.2, 0.25) is 0 Å². The van der Waals surface area contributed by atoms with E-state index in [0.717, 1.165) is 0 Å². The van der Waals surface area contributed by atoms with Crippen molar-refractivity contribution in [2.45, 2.75) is 0 Å². The lowest BCUT2D eigenvalue weighted by Crippen LogP contribution is -1.92. The second-order valence-corrected chi connectivity index (χ2v) is 4.32. The van der Waals surface area contributed by atoms with Crippen molar-refractivity contribution < 1.29 is 14.4 Å². The van der Waals surface area contributed by atoms with Crippen LogP contribution in [0.3, 0.4) is 0 Å². The predicted octanol–water partition coefficient (Wildman–Crippen LogP) is 3.62. The van der Waals surface area contributed by atoms with Gasteiger partial charge in [-0.15, -0.1) is 10.4 Å². The van der Waals surface area contributed by atoms with Crippen LogP contribution in [0.1, 0.15) is 10.4 Å². The van der Waals surface area contributed by atoms with E-state index in [2.05, 4.69) is 15.6 Å². The molecule has 1 aromatic carbocycles. The van der Waals surface area contributed by atoms with Gasteiger partial charge < -0.3 is 9.63 Å². The van der Waals surface area contributed by atoms with Crippen LogP contribution in [0.4, 0.5) is 0 Å². The molecule has 0 saturated carbocycles. The Kier molecular flexibility index (Phi) is 6.10. The fraction of sp³-hybridized carbons (Fsp3) is 0. The zero-order chi connectivity index (χ0) is 16.3. The summed E-state index contributed by atoms with van der Waals surface area (Å²) in [5.74, 6) is -1.01. The van der Waals surface area contributed by atoms with E-state index in [0.29, 0.717) is 11.0 Å². The van der Waals surface area contributed by atoms with Crippen molar-refractivity contribution in [2.75, 3.05) is 0 Å². The Labute approximate surface area is 132 Å². The van der Waals surface area contributed by atoms with Gasteiger partial charge in [0, 0.05) is 5.39 Å². The molecule has 0 amide bonds. The third-order valence-corrected chi connectivity index (χ3v) is 2.74. The second-order valence-electron chi connectivity index (χ2n) is 4.32. The van der Waals surface area contributed by atoms with Crippen LogP contribution < -0.4 is 0 Å². The van der Waals surface area contributed by atoms with Gasteiger partial charge in [0.25, 0.3) is 0 Å². The molecule has 0 aliphatic rings. The quantitative estimate of drug-likeness (QED) is 0.839. The summed E-state index contributed by atoms with van der Waals surface area (Å²) in [5.41, 5.74) is 0.652. The van der Waals surface area contributed by atoms with Gasteiger partial charge in [-0.1, -0.05) is 48.5 Å². The molecule has 0 saturated heterocycles. The number of nitrogens with one attached hydrogen (secondary N) is 1. The molecule has 0 radical (unpaired) electrons. The van der Waals surface area contributed by atoms with Gasteiger partial charge in [-0.25, -0.2) is 4.79 Å². The maximum atomic E-state index is 11.3.